The van der Waals surface area contributed by atoms with E-state index >= 15 is 0 Å². The number of halogens is 1. The first kappa shape index (κ1) is 14.2. The Morgan fingerprint density at radius 1 is 1.25 bits per heavy atom. The Labute approximate surface area is 118 Å². The zero-order valence-electron chi connectivity index (χ0n) is 11.8. The van der Waals surface area contributed by atoms with Crippen LogP contribution >= 0.6 is 0 Å². The highest BCUT2D eigenvalue weighted by molar-refractivity contribution is 5.59. The molecule has 1 heterocycles. The van der Waals surface area contributed by atoms with Crippen molar-refractivity contribution in [1.29, 1.82) is 0 Å². The normalized spacial score (nSPS) is 10.3. The van der Waals surface area contributed by atoms with Gasteiger partial charge in [0.15, 0.2) is 0 Å². The van der Waals surface area contributed by atoms with Crippen molar-refractivity contribution in [3.63, 3.8) is 0 Å². The minimum Gasteiger partial charge on any atom is -0.360 e. The standard InChI is InChI=1S/C15H19FN4/c1-3-4-8-20(2)15-10-14(17-11-18-15)19-13-7-5-6-12(16)9-13/h5-7,9-11H,3-4,8H2,1-2H3,(H,17,18,19). The van der Waals surface area contributed by atoms with E-state index in [1.807, 2.05) is 13.1 Å². The molecule has 0 amide bonds. The largest absolute Gasteiger partial charge is 0.360 e. The topological polar surface area (TPSA) is 41.0 Å². The number of nitrogens with one attached hydrogen (secondary N) is 1. The Kier molecular flexibility index (Phi) is 4.87. The van der Waals surface area contributed by atoms with Gasteiger partial charge in [0.2, 0.25) is 0 Å². The molecule has 2 aromatic rings. The number of nitrogens with zero attached hydrogens (tertiary/aromatic N) is 3. The second-order valence-electron chi connectivity index (χ2n) is 4.67. The highest BCUT2D eigenvalue weighted by Crippen LogP contribution is 2.18. The molecule has 20 heavy (non-hydrogen) atoms. The van der Waals surface area contributed by atoms with Crippen LogP contribution < -0.4 is 10.2 Å². The Balaban J connectivity index is 2.09. The van der Waals surface area contributed by atoms with Crippen molar-refractivity contribution in [3.8, 4) is 0 Å². The van der Waals surface area contributed by atoms with Crippen LogP contribution in [0.3, 0.4) is 0 Å². The summed E-state index contributed by atoms with van der Waals surface area (Å²) in [7, 11) is 2.00. The first-order valence-corrected chi connectivity index (χ1v) is 6.75. The fraction of sp³-hybridized carbons (Fsp3) is 0.333. The maximum atomic E-state index is 13.1. The van der Waals surface area contributed by atoms with Gasteiger partial charge in [0.1, 0.15) is 23.8 Å². The van der Waals surface area contributed by atoms with Crippen molar-refractivity contribution in [3.05, 3.63) is 42.5 Å². The molecular formula is C15H19FN4. The van der Waals surface area contributed by atoms with E-state index in [0.717, 1.165) is 25.2 Å². The molecule has 1 aromatic carbocycles. The van der Waals surface area contributed by atoms with Gasteiger partial charge >= 0.3 is 0 Å². The van der Waals surface area contributed by atoms with E-state index in [0.29, 0.717) is 11.5 Å². The second-order valence-corrected chi connectivity index (χ2v) is 4.67. The number of hydrogen-bond acceptors (Lipinski definition) is 4. The first-order chi connectivity index (χ1) is 9.69. The molecule has 5 heteroatoms. The van der Waals surface area contributed by atoms with Crippen LogP contribution in [-0.4, -0.2) is 23.6 Å². The van der Waals surface area contributed by atoms with E-state index in [1.54, 1.807) is 12.1 Å². The maximum Gasteiger partial charge on any atom is 0.135 e. The summed E-state index contributed by atoms with van der Waals surface area (Å²) >= 11 is 0. The van der Waals surface area contributed by atoms with E-state index in [1.165, 1.54) is 18.5 Å². The van der Waals surface area contributed by atoms with Crippen molar-refractivity contribution in [2.45, 2.75) is 19.8 Å². The Bertz CT molecular complexity index is 559. The second kappa shape index (κ2) is 6.84. The van der Waals surface area contributed by atoms with Crippen LogP contribution in [0.4, 0.5) is 21.7 Å². The van der Waals surface area contributed by atoms with Crippen LogP contribution in [0.2, 0.25) is 0 Å². The van der Waals surface area contributed by atoms with Gasteiger partial charge < -0.3 is 10.2 Å². The quantitative estimate of drug-likeness (QED) is 0.874. The van der Waals surface area contributed by atoms with Crippen molar-refractivity contribution < 1.29 is 4.39 Å². The Hall–Kier alpha value is -2.17. The lowest BCUT2D eigenvalue weighted by Crippen LogP contribution is -2.19. The number of rotatable bonds is 6. The van der Waals surface area contributed by atoms with Gasteiger partial charge in [0, 0.05) is 25.3 Å². The van der Waals surface area contributed by atoms with Crippen molar-refractivity contribution >= 4 is 17.3 Å². The highest BCUT2D eigenvalue weighted by atomic mass is 19.1. The molecular weight excluding hydrogens is 255 g/mol. The van der Waals surface area contributed by atoms with E-state index in [4.69, 9.17) is 0 Å². The molecule has 0 fully saturated rings. The van der Waals surface area contributed by atoms with Gasteiger partial charge in [-0.3, -0.25) is 0 Å². The predicted molar refractivity (Wildman–Crippen MR) is 79.9 cm³/mol. The molecule has 0 aliphatic carbocycles. The smallest absolute Gasteiger partial charge is 0.135 e. The summed E-state index contributed by atoms with van der Waals surface area (Å²) in [6, 6.07) is 8.16. The van der Waals surface area contributed by atoms with Gasteiger partial charge in [-0.25, -0.2) is 14.4 Å². The van der Waals surface area contributed by atoms with Gasteiger partial charge in [0.25, 0.3) is 0 Å². The van der Waals surface area contributed by atoms with Crippen molar-refractivity contribution in [2.24, 2.45) is 0 Å². The fourth-order valence-corrected chi connectivity index (χ4v) is 1.85. The summed E-state index contributed by atoms with van der Waals surface area (Å²) in [6.45, 7) is 3.11. The van der Waals surface area contributed by atoms with Gasteiger partial charge in [-0.15, -0.1) is 0 Å². The van der Waals surface area contributed by atoms with E-state index in [2.05, 4.69) is 27.1 Å². The third-order valence-corrected chi connectivity index (χ3v) is 2.99. The number of unbranched alkanes of at least 4 members (excludes halogenated alkanes) is 1. The first-order valence-electron chi connectivity index (χ1n) is 6.75. The zero-order valence-corrected chi connectivity index (χ0v) is 11.8. The average molecular weight is 274 g/mol. The van der Waals surface area contributed by atoms with Crippen molar-refractivity contribution in [2.75, 3.05) is 23.8 Å². The van der Waals surface area contributed by atoms with Crippen LogP contribution in [0.25, 0.3) is 0 Å². The van der Waals surface area contributed by atoms with E-state index in [9.17, 15) is 4.39 Å². The summed E-state index contributed by atoms with van der Waals surface area (Å²) in [6.07, 6.45) is 3.77. The average Bonchev–Trinajstić information content (AvgIpc) is 2.45. The van der Waals surface area contributed by atoms with Crippen molar-refractivity contribution in [1.82, 2.24) is 9.97 Å². The minimum atomic E-state index is -0.274. The molecule has 0 radical (unpaired) electrons. The molecule has 0 atom stereocenters. The minimum absolute atomic E-state index is 0.274. The third-order valence-electron chi connectivity index (χ3n) is 2.99. The molecule has 0 spiro atoms. The highest BCUT2D eigenvalue weighted by Gasteiger charge is 2.04. The number of hydrogen-bond donors (Lipinski definition) is 1. The van der Waals surface area contributed by atoms with Crippen LogP contribution in [0.15, 0.2) is 36.7 Å². The monoisotopic (exact) mass is 274 g/mol. The van der Waals surface area contributed by atoms with Gasteiger partial charge in [0.05, 0.1) is 0 Å². The molecule has 0 unspecified atom stereocenters. The predicted octanol–water partition coefficient (Wildman–Crippen LogP) is 3.60. The SMILES string of the molecule is CCCCN(C)c1cc(Nc2cccc(F)c2)ncn1. The lowest BCUT2D eigenvalue weighted by atomic mass is 10.3. The molecule has 0 saturated heterocycles. The van der Waals surface area contributed by atoms with E-state index < -0.39 is 0 Å². The molecule has 4 nitrogen and oxygen atoms in total. The summed E-state index contributed by atoms with van der Waals surface area (Å²) in [4.78, 5) is 10.5. The molecule has 0 saturated carbocycles. The molecule has 0 bridgehead atoms. The molecule has 0 aliphatic rings. The molecule has 1 N–H and O–H groups in total. The summed E-state index contributed by atoms with van der Waals surface area (Å²) in [5.74, 6) is 1.24. The summed E-state index contributed by atoms with van der Waals surface area (Å²) in [5, 5.41) is 3.08. The van der Waals surface area contributed by atoms with Gasteiger partial charge in [-0.1, -0.05) is 19.4 Å². The number of anilines is 3. The maximum absolute atomic E-state index is 13.1. The lowest BCUT2D eigenvalue weighted by molar-refractivity contribution is 0.628. The van der Waals surface area contributed by atoms with Crippen LogP contribution in [0.5, 0.6) is 0 Å². The van der Waals surface area contributed by atoms with Crippen LogP contribution in [0, 0.1) is 5.82 Å². The van der Waals surface area contributed by atoms with Gasteiger partial charge in [-0.05, 0) is 24.6 Å². The van der Waals surface area contributed by atoms with Crippen LogP contribution in [-0.2, 0) is 0 Å². The third kappa shape index (κ3) is 3.91. The van der Waals surface area contributed by atoms with E-state index in [-0.39, 0.29) is 5.82 Å². The number of benzene rings is 1. The summed E-state index contributed by atoms with van der Waals surface area (Å²) in [5.41, 5.74) is 0.672. The molecule has 2 rings (SSSR count). The number of aromatic nitrogens is 2. The Morgan fingerprint density at radius 3 is 2.85 bits per heavy atom. The lowest BCUT2D eigenvalue weighted by Gasteiger charge is -2.18. The summed E-state index contributed by atoms with van der Waals surface area (Å²) < 4.78 is 13.1. The zero-order chi connectivity index (χ0) is 14.4. The van der Waals surface area contributed by atoms with Gasteiger partial charge in [-0.2, -0.15) is 0 Å². The molecule has 106 valence electrons. The Morgan fingerprint density at radius 2 is 2.10 bits per heavy atom. The molecule has 1 aromatic heterocycles. The van der Waals surface area contributed by atoms with Crippen LogP contribution in [0.1, 0.15) is 19.8 Å². The molecule has 0 aliphatic heterocycles. The fourth-order valence-electron chi connectivity index (χ4n) is 1.85.